The minimum atomic E-state index is -0.679. The average Bonchev–Trinajstić information content (AvgIpc) is 1.71. The molecule has 8 aromatic carbocycles. The molecule has 0 bridgehead atoms. The first-order valence-electron chi connectivity index (χ1n) is 34.4. The molecule has 0 aliphatic heterocycles. The SMILES string of the molecule is CC(=O)OC#N.CCOC(C)=O.COc1ccc(Cl)cc1-n1nc(C)cc1C#N.COc1ccc(Cl)cc1-n1nc(C)cc1CN.COc1ccc(Cl)cc1-n1nc(C)cc1I.COc1ccc(Cl)cc1-n1nc(C)cc1N.COc1ccc(Cl)cc1N.COc1ccc(Cl)cc1NN.Cl.O=C(Nc1ccc(F)c(CO)c1)Oc1ccccc1. The topological polar surface area (TPSA) is 402 Å². The van der Waals surface area contributed by atoms with Gasteiger partial charge in [0.05, 0.1) is 95.7 Å². The number of methoxy groups -OCH3 is 6. The lowest BCUT2D eigenvalue weighted by Crippen LogP contribution is -2.16. The summed E-state index contributed by atoms with van der Waals surface area (Å²) in [7, 11) is 9.55. The first-order valence-corrected chi connectivity index (χ1v) is 37.8. The fourth-order valence-corrected chi connectivity index (χ4v) is 11.4. The zero-order valence-corrected chi connectivity index (χ0v) is 74.0. The van der Waals surface area contributed by atoms with Crippen LogP contribution in [0.1, 0.15) is 60.5 Å². The van der Waals surface area contributed by atoms with Crippen molar-refractivity contribution in [3.05, 3.63) is 261 Å². The third-order valence-corrected chi connectivity index (χ3v) is 16.8. The van der Waals surface area contributed by atoms with Crippen molar-refractivity contribution in [1.29, 1.82) is 10.5 Å². The summed E-state index contributed by atoms with van der Waals surface area (Å²) >= 11 is 37.4. The van der Waals surface area contributed by atoms with E-state index in [0.29, 0.717) is 112 Å². The maximum atomic E-state index is 13.2. The highest BCUT2D eigenvalue weighted by atomic mass is 127. The summed E-state index contributed by atoms with van der Waals surface area (Å²) in [6.45, 7) is 12.4. The molecule has 11 N–H and O–H groups in total. The molecular formula is C81H87Cl7FIN16O13. The van der Waals surface area contributed by atoms with Gasteiger partial charge in [0.1, 0.15) is 90.1 Å². The molecular weight excluding hydrogens is 1800 g/mol. The largest absolute Gasteiger partial charge is 0.495 e. The van der Waals surface area contributed by atoms with Crippen LogP contribution in [-0.2, 0) is 32.2 Å². The van der Waals surface area contributed by atoms with Crippen molar-refractivity contribution in [1.82, 2.24) is 39.1 Å². The quantitative estimate of drug-likeness (QED) is 0.0118. The van der Waals surface area contributed by atoms with Crippen molar-refractivity contribution < 1.29 is 66.5 Å². The van der Waals surface area contributed by atoms with E-state index in [1.807, 2.05) is 68.8 Å². The fourth-order valence-electron chi connectivity index (χ4n) is 9.61. The van der Waals surface area contributed by atoms with Gasteiger partial charge in [-0.05, 0) is 215 Å². The van der Waals surface area contributed by atoms with Gasteiger partial charge in [-0.25, -0.2) is 27.9 Å². The first kappa shape index (κ1) is 102. The summed E-state index contributed by atoms with van der Waals surface area (Å²) in [4.78, 5) is 31.0. The normalized spacial score (nSPS) is 9.70. The molecule has 0 spiro atoms. The number of hydrogen-bond acceptors (Lipinski definition) is 24. The van der Waals surface area contributed by atoms with E-state index in [9.17, 15) is 18.8 Å². The molecule has 12 aromatic rings. The molecule has 38 heteroatoms. The molecule has 119 heavy (non-hydrogen) atoms. The average molecular weight is 1890 g/mol. The Morgan fingerprint density at radius 3 is 1.34 bits per heavy atom. The molecule has 0 radical (unpaired) electrons. The highest BCUT2D eigenvalue weighted by molar-refractivity contribution is 14.1. The second-order valence-corrected chi connectivity index (χ2v) is 27.0. The highest BCUT2D eigenvalue weighted by Gasteiger charge is 2.17. The predicted octanol–water partition coefficient (Wildman–Crippen LogP) is 18.4. The Hall–Kier alpha value is -11.4. The van der Waals surface area contributed by atoms with E-state index in [2.05, 4.69) is 69.3 Å². The number of carbonyl (C=O) groups is 3. The molecule has 4 heterocycles. The number of rotatable bonds is 16. The highest BCUT2D eigenvalue weighted by Crippen LogP contribution is 2.33. The summed E-state index contributed by atoms with van der Waals surface area (Å²) in [5.41, 5.74) is 29.2. The van der Waals surface area contributed by atoms with E-state index >= 15 is 0 Å². The first-order chi connectivity index (χ1) is 56.3. The number of nitrogens with one attached hydrogen (secondary N) is 2. The van der Waals surface area contributed by atoms with Crippen LogP contribution in [0.15, 0.2) is 182 Å². The van der Waals surface area contributed by atoms with Crippen LogP contribution in [0.5, 0.6) is 40.2 Å². The van der Waals surface area contributed by atoms with E-state index in [1.165, 1.54) is 43.0 Å². The van der Waals surface area contributed by atoms with Gasteiger partial charge in [-0.1, -0.05) is 87.8 Å². The number of carbonyl (C=O) groups excluding carboxylic acids is 3. The van der Waals surface area contributed by atoms with Crippen LogP contribution in [-0.4, -0.2) is 112 Å². The lowest BCUT2D eigenvalue weighted by atomic mass is 10.2. The predicted molar refractivity (Wildman–Crippen MR) is 473 cm³/mol. The van der Waals surface area contributed by atoms with E-state index in [0.717, 1.165) is 55.0 Å². The van der Waals surface area contributed by atoms with Crippen molar-refractivity contribution >= 4 is 146 Å². The molecule has 0 unspecified atom stereocenters. The van der Waals surface area contributed by atoms with Gasteiger partial charge in [-0.2, -0.15) is 25.7 Å². The minimum Gasteiger partial charge on any atom is -0.495 e. The standard InChI is InChI=1S/C14H12FNO3.C12H14ClN3O.C12H10ClN3O.C11H10ClIN2O.C11H12ClN3O.C7H9ClN2O.C7H8ClNO.C4H8O2.C3H3NO2.ClH/c15-13-7-6-11(8-10(13)9-17)16-14(18)19-12-4-2-1-3-5-12;2*1-8-5-10(7-14)16(15-8)11-6-9(13)3-4-12(11)17-2;2*1-7-5-11(13)15(14-7)9-6-8(12)3-4-10(9)16-2;1-11-7-3-2-5(8)4-6(7)10-9;1-10-7-3-2-5(8)4-6(7)9;1-3-6-4(2)5;1-3(5)6-2-4;/h1-8,17H,9H2,(H,16,18);3-6H,7,14H2,1-2H3;3-6H,1-2H3;3-6H,1-2H3;3-6H,13H2,1-2H3;2-4,10H,9H2,1H3;2-4H,9H2,1H3;3H2,1-2H3;1H3;1H. The Morgan fingerprint density at radius 1 is 0.529 bits per heavy atom. The van der Waals surface area contributed by atoms with Crippen LogP contribution in [0, 0.1) is 60.1 Å². The lowest BCUT2D eigenvalue weighted by molar-refractivity contribution is -0.140. The Kier molecular flexibility index (Phi) is 45.4. The van der Waals surface area contributed by atoms with Crippen LogP contribution in [0.3, 0.4) is 0 Å². The Balaban J connectivity index is 0.000000352. The van der Waals surface area contributed by atoms with Crippen molar-refractivity contribution in [2.75, 3.05) is 71.5 Å². The van der Waals surface area contributed by atoms with Gasteiger partial charge in [0, 0.05) is 67.8 Å². The number of aliphatic hydroxyl groups excluding tert-OH is 1. The fraction of sp³-hybridized carbons (Fsp3) is 0.198. The van der Waals surface area contributed by atoms with Gasteiger partial charge in [0.25, 0.3) is 6.26 Å². The van der Waals surface area contributed by atoms with Crippen LogP contribution < -0.4 is 66.9 Å². The number of aromatic nitrogens is 8. The van der Waals surface area contributed by atoms with Gasteiger partial charge in [0.2, 0.25) is 0 Å². The molecule has 4 aromatic heterocycles. The van der Waals surface area contributed by atoms with E-state index in [4.69, 9.17) is 141 Å². The molecule has 0 fully saturated rings. The van der Waals surface area contributed by atoms with E-state index < -0.39 is 24.5 Å². The van der Waals surface area contributed by atoms with Crippen LogP contribution >= 0.6 is 105 Å². The van der Waals surface area contributed by atoms with Crippen LogP contribution in [0.2, 0.25) is 30.1 Å². The van der Waals surface area contributed by atoms with E-state index in [-0.39, 0.29) is 23.9 Å². The number of nitrogens with zero attached hydrogens (tertiary/aromatic N) is 10. The zero-order chi connectivity index (χ0) is 87.7. The van der Waals surface area contributed by atoms with Gasteiger partial charge in [-0.15, -0.1) is 17.7 Å². The Bertz CT molecular complexity index is 5250. The molecule has 0 saturated carbocycles. The molecule has 0 aliphatic carbocycles. The van der Waals surface area contributed by atoms with Gasteiger partial charge >= 0.3 is 18.0 Å². The smallest absolute Gasteiger partial charge is 0.417 e. The maximum Gasteiger partial charge on any atom is 0.417 e. The Morgan fingerprint density at radius 2 is 0.950 bits per heavy atom. The number of esters is 2. The van der Waals surface area contributed by atoms with Crippen LogP contribution in [0.4, 0.5) is 32.1 Å². The number of hydrogen-bond donors (Lipinski definition) is 7. The second kappa shape index (κ2) is 53.1. The number of aliphatic hydroxyl groups is 1. The van der Waals surface area contributed by atoms with Gasteiger partial charge in [0.15, 0.2) is 0 Å². The molecule has 0 saturated heterocycles. The number of ether oxygens (including phenoxy) is 9. The molecule has 0 aliphatic rings. The number of para-hydroxylation sites is 1. The molecule has 0 atom stereocenters. The maximum absolute atomic E-state index is 13.2. The number of halogens is 9. The number of amides is 1. The number of nitrogens with two attached hydrogens (primary N) is 4. The van der Waals surface area contributed by atoms with Crippen molar-refractivity contribution in [2.45, 2.75) is 61.6 Å². The van der Waals surface area contributed by atoms with E-state index in [1.54, 1.807) is 186 Å². The van der Waals surface area contributed by atoms with Crippen LogP contribution in [0.25, 0.3) is 22.7 Å². The number of nitrogen functional groups attached to an aromatic ring is 3. The molecule has 29 nitrogen and oxygen atoms in total. The van der Waals surface area contributed by atoms with Crippen molar-refractivity contribution in [3.63, 3.8) is 0 Å². The summed E-state index contributed by atoms with van der Waals surface area (Å²) < 4.78 is 65.0. The number of benzene rings is 8. The zero-order valence-electron chi connectivity index (χ0n) is 66.5. The molecule has 12 rings (SSSR count). The number of aryl methyl sites for hydroxylation is 4. The van der Waals surface area contributed by atoms with Crippen molar-refractivity contribution in [3.8, 4) is 75.3 Å². The summed E-state index contributed by atoms with van der Waals surface area (Å²) in [5.74, 6) is 8.96. The number of anilines is 4. The minimum absolute atomic E-state index is 0. The van der Waals surface area contributed by atoms with Gasteiger partial charge in [-0.3, -0.25) is 20.7 Å². The summed E-state index contributed by atoms with van der Waals surface area (Å²) in [6, 6.07) is 53.7. The third-order valence-electron chi connectivity index (χ3n) is 14.6. The number of hydrazine groups is 1. The third kappa shape index (κ3) is 33.8. The summed E-state index contributed by atoms with van der Waals surface area (Å²) in [5, 5.41) is 49.0. The molecule has 1 amide bonds. The summed E-state index contributed by atoms with van der Waals surface area (Å²) in [6.07, 6.45) is 0.539. The van der Waals surface area contributed by atoms with Crippen molar-refractivity contribution in [2.24, 2.45) is 11.6 Å². The monoisotopic (exact) mass is 1880 g/mol. The van der Waals surface area contributed by atoms with Gasteiger partial charge < -0.3 is 70.4 Å². The number of nitriles is 2. The lowest BCUT2D eigenvalue weighted by Gasteiger charge is -2.11. The second-order valence-electron chi connectivity index (χ2n) is 23.3. The Labute approximate surface area is 737 Å². The molecule has 632 valence electrons.